The Morgan fingerprint density at radius 2 is 1.74 bits per heavy atom. The lowest BCUT2D eigenvalue weighted by atomic mass is 10.1. The zero-order valence-electron chi connectivity index (χ0n) is 25.3. The summed E-state index contributed by atoms with van der Waals surface area (Å²) in [7, 11) is 1.95. The molecule has 0 saturated heterocycles. The van der Waals surface area contributed by atoms with Crippen LogP contribution >= 0.6 is 22.7 Å². The lowest BCUT2D eigenvalue weighted by Crippen LogP contribution is -2.49. The van der Waals surface area contributed by atoms with Crippen molar-refractivity contribution in [1.29, 1.82) is 0 Å². The molecule has 252 valence electrons. The number of thiophene rings is 1. The van der Waals surface area contributed by atoms with Gasteiger partial charge in [0, 0.05) is 11.3 Å². The summed E-state index contributed by atoms with van der Waals surface area (Å²) in [4.78, 5) is 50.1. The molecule has 1 fully saturated rings. The van der Waals surface area contributed by atoms with Crippen LogP contribution in [-0.2, 0) is 34.3 Å². The zero-order valence-corrected chi connectivity index (χ0v) is 26.9. The quantitative estimate of drug-likeness (QED) is 0.154. The number of halogens is 3. The number of esters is 1. The van der Waals surface area contributed by atoms with Crippen LogP contribution in [0.3, 0.4) is 0 Å². The van der Waals surface area contributed by atoms with E-state index in [1.165, 1.54) is 17.0 Å². The Morgan fingerprint density at radius 3 is 2.36 bits per heavy atom. The number of alkyl halides is 3. The van der Waals surface area contributed by atoms with Crippen LogP contribution in [0, 0.1) is 6.92 Å². The molecule has 1 saturated carbocycles. The van der Waals surface area contributed by atoms with E-state index in [0.717, 1.165) is 53.2 Å². The molecule has 4 N–H and O–H groups in total. The molecule has 12 nitrogen and oxygen atoms in total. The summed E-state index contributed by atoms with van der Waals surface area (Å²) in [5, 5.41) is 27.3. The van der Waals surface area contributed by atoms with Crippen LogP contribution in [0.2, 0.25) is 0 Å². The average molecular weight is 696 g/mol. The van der Waals surface area contributed by atoms with E-state index in [-0.39, 0.29) is 36.7 Å². The highest BCUT2D eigenvalue weighted by molar-refractivity contribution is 7.18. The number of carboxylic acid groups (broad SMARTS) is 1. The van der Waals surface area contributed by atoms with E-state index in [1.54, 1.807) is 35.6 Å². The van der Waals surface area contributed by atoms with Crippen molar-refractivity contribution in [3.8, 4) is 5.75 Å². The molecule has 4 aromatic rings. The van der Waals surface area contributed by atoms with Gasteiger partial charge >= 0.3 is 23.1 Å². The van der Waals surface area contributed by atoms with Crippen LogP contribution in [0.4, 0.5) is 23.0 Å². The molecule has 3 amide bonds. The molecule has 1 aliphatic carbocycles. The van der Waals surface area contributed by atoms with E-state index in [4.69, 9.17) is 14.6 Å². The standard InChI is InChI=1S/C28H31N5O5S2.C2HF3O2/c1-17-15-33-16-19(32(2)28(33)39-17)14-29-25(35)22(13-18-7-9-20(34)10-8-18)30-27(37)31-24-12-11-23(40-24)26(36)38-21-5-3-4-6-21;3-2(4,5)1(6)7/h7-12,15-16,21-22H,3-6,13-14H2,1-2H3,(H3-,29,30,31,34,35,36,37);(H,6,7)/t22-;/m0./s1. The van der Waals surface area contributed by atoms with Gasteiger partial charge < -0.3 is 30.4 Å². The monoisotopic (exact) mass is 695 g/mol. The number of ether oxygens (including phenoxy) is 1. The topological polar surface area (TPSA) is 166 Å². The molecular weight excluding hydrogens is 663 g/mol. The maximum atomic E-state index is 13.3. The van der Waals surface area contributed by atoms with Crippen LogP contribution in [-0.4, -0.2) is 51.9 Å². The predicted octanol–water partition coefficient (Wildman–Crippen LogP) is 3.35. The summed E-state index contributed by atoms with van der Waals surface area (Å²) in [6.45, 7) is 2.33. The number of nitrogens with one attached hydrogen (secondary N) is 3. The molecular formula is C30H32F3N5O7S2. The molecule has 0 aliphatic heterocycles. The number of aromatic nitrogens is 2. The first-order valence-corrected chi connectivity index (χ1v) is 16.0. The van der Waals surface area contributed by atoms with Gasteiger partial charge in [0.05, 0.1) is 18.6 Å². The first kappa shape index (κ1) is 35.2. The van der Waals surface area contributed by atoms with Crippen molar-refractivity contribution in [3.05, 3.63) is 69.8 Å². The van der Waals surface area contributed by atoms with Gasteiger partial charge in [-0.2, -0.15) is 17.6 Å². The summed E-state index contributed by atoms with van der Waals surface area (Å²) < 4.78 is 41.2. The number of carbonyl (C=O) groups is 4. The van der Waals surface area contributed by atoms with Crippen molar-refractivity contribution in [2.24, 2.45) is 7.05 Å². The number of carbonyl (C=O) groups excluding carboxylic acids is 4. The smallest absolute Gasteiger partial charge is 0.430 e. The lowest BCUT2D eigenvalue weighted by molar-refractivity contribution is -0.506. The Morgan fingerprint density at radius 1 is 1.09 bits per heavy atom. The van der Waals surface area contributed by atoms with E-state index in [2.05, 4.69) is 16.0 Å². The lowest BCUT2D eigenvalue weighted by Gasteiger charge is -2.18. The number of urea groups is 1. The second-order valence-electron chi connectivity index (χ2n) is 10.7. The molecule has 3 heterocycles. The van der Waals surface area contributed by atoms with Gasteiger partial charge in [-0.3, -0.25) is 10.1 Å². The molecule has 1 aliphatic rings. The molecule has 0 bridgehead atoms. The van der Waals surface area contributed by atoms with Crippen molar-refractivity contribution >= 4 is 56.5 Å². The summed E-state index contributed by atoms with van der Waals surface area (Å²) in [6, 6.07) is 8.32. The number of aliphatic carboxylic acids is 1. The minimum atomic E-state index is -5.19. The summed E-state index contributed by atoms with van der Waals surface area (Å²) >= 11 is 2.79. The van der Waals surface area contributed by atoms with Gasteiger partial charge in [-0.25, -0.2) is 14.2 Å². The highest BCUT2D eigenvalue weighted by atomic mass is 32.1. The highest BCUT2D eigenvalue weighted by Gasteiger charge is 2.29. The molecule has 3 aromatic heterocycles. The minimum Gasteiger partial charge on any atom is -0.542 e. The number of anilines is 1. The van der Waals surface area contributed by atoms with Gasteiger partial charge in [-0.1, -0.05) is 23.5 Å². The maximum absolute atomic E-state index is 13.3. The summed E-state index contributed by atoms with van der Waals surface area (Å²) in [6.07, 6.45) is 2.90. The number of imidazole rings is 1. The van der Waals surface area contributed by atoms with E-state index in [9.17, 15) is 32.7 Å². The van der Waals surface area contributed by atoms with Crippen LogP contribution in [0.1, 0.15) is 51.5 Å². The van der Waals surface area contributed by atoms with Gasteiger partial charge in [-0.15, -0.1) is 11.3 Å². The Balaban J connectivity index is 0.000000644. The molecule has 0 unspecified atom stereocenters. The van der Waals surface area contributed by atoms with Crippen molar-refractivity contribution in [3.63, 3.8) is 0 Å². The molecule has 5 rings (SSSR count). The number of amides is 3. The van der Waals surface area contributed by atoms with E-state index in [0.29, 0.717) is 9.88 Å². The molecule has 1 aromatic carbocycles. The molecule has 47 heavy (non-hydrogen) atoms. The van der Waals surface area contributed by atoms with Crippen molar-refractivity contribution < 1.29 is 51.7 Å². The van der Waals surface area contributed by atoms with Crippen LogP contribution in [0.5, 0.6) is 5.75 Å². The summed E-state index contributed by atoms with van der Waals surface area (Å²) in [5.41, 5.74) is 1.69. The zero-order chi connectivity index (χ0) is 34.3. The van der Waals surface area contributed by atoms with Crippen molar-refractivity contribution in [2.45, 2.75) is 63.9 Å². The fourth-order valence-corrected chi connectivity index (χ4v) is 6.46. The Labute approximate surface area is 274 Å². The van der Waals surface area contributed by atoms with E-state index in [1.807, 2.05) is 35.3 Å². The summed E-state index contributed by atoms with van der Waals surface area (Å²) in [5.74, 6) is -3.62. The minimum absolute atomic E-state index is 0.0389. The second-order valence-corrected chi connectivity index (χ2v) is 13.0. The third-order valence-corrected chi connectivity index (χ3v) is 9.17. The Kier molecular flexibility index (Phi) is 11.5. The van der Waals surface area contributed by atoms with Crippen LogP contribution in [0.25, 0.3) is 4.96 Å². The molecule has 17 heteroatoms. The van der Waals surface area contributed by atoms with Crippen molar-refractivity contribution in [1.82, 2.24) is 15.2 Å². The number of thiazole rings is 1. The average Bonchev–Trinajstić information content (AvgIpc) is 3.80. The Hall–Kier alpha value is -4.64. The third-order valence-electron chi connectivity index (χ3n) is 7.09. The van der Waals surface area contributed by atoms with Gasteiger partial charge in [0.2, 0.25) is 5.91 Å². The molecule has 1 atom stereocenters. The van der Waals surface area contributed by atoms with Crippen LogP contribution in [0.15, 0.2) is 48.8 Å². The number of aryl methyl sites for hydroxylation is 2. The number of nitrogens with zero attached hydrogens (tertiary/aromatic N) is 2. The number of benzene rings is 1. The van der Waals surface area contributed by atoms with Gasteiger partial charge in [0.15, 0.2) is 5.69 Å². The third kappa shape index (κ3) is 9.92. The van der Waals surface area contributed by atoms with E-state index >= 15 is 0 Å². The van der Waals surface area contributed by atoms with E-state index < -0.39 is 24.2 Å². The maximum Gasteiger partial charge on any atom is 0.430 e. The largest absolute Gasteiger partial charge is 0.542 e. The molecule has 0 spiro atoms. The normalized spacial score (nSPS) is 13.8. The SMILES string of the molecule is Cc1c[n+]2cc(CNC(=O)[C@H](Cc3ccc(O)cc3)NC(=O)Nc3ccc(C(=O)OC4CCCC4)s3)n(C)c2s1.O=C([O-])C(F)(F)F. The fraction of sp³-hybridized carbons (Fsp3) is 0.367. The number of phenols is 1. The van der Waals surface area contributed by atoms with Gasteiger partial charge in [0.25, 0.3) is 0 Å². The van der Waals surface area contributed by atoms with Gasteiger partial charge in [0.1, 0.15) is 41.1 Å². The van der Waals surface area contributed by atoms with Crippen LogP contribution < -0.4 is 25.5 Å². The Bertz CT molecular complexity index is 1730. The first-order valence-electron chi connectivity index (χ1n) is 14.4. The number of fused-ring (bicyclic) bond motifs is 1. The number of hydrogen-bond donors (Lipinski definition) is 4. The fourth-order valence-electron chi connectivity index (χ4n) is 4.76. The second kappa shape index (κ2) is 15.3. The predicted molar refractivity (Wildman–Crippen MR) is 164 cm³/mol. The molecule has 0 radical (unpaired) electrons. The number of rotatable bonds is 9. The number of hydrogen-bond acceptors (Lipinski definition) is 9. The number of phenolic OH excluding ortho intramolecular Hbond substituents is 1. The van der Waals surface area contributed by atoms with Gasteiger partial charge in [-0.05, 0) is 62.4 Å². The number of aromatic hydroxyl groups is 1. The van der Waals surface area contributed by atoms with Crippen molar-refractivity contribution in [2.75, 3.05) is 5.32 Å². The first-order chi connectivity index (χ1) is 22.2. The number of carboxylic acids is 1. The highest BCUT2D eigenvalue weighted by Crippen LogP contribution is 2.26.